The van der Waals surface area contributed by atoms with Gasteiger partial charge in [0.2, 0.25) is 0 Å². The summed E-state index contributed by atoms with van der Waals surface area (Å²) in [4.78, 5) is 7.33. The number of imidazole rings is 1. The van der Waals surface area contributed by atoms with Crippen LogP contribution in [0.3, 0.4) is 0 Å². The molecule has 0 saturated heterocycles. The largest absolute Gasteiger partial charge is 0.394 e. The number of nitrogens with zero attached hydrogens (tertiary/aromatic N) is 1. The van der Waals surface area contributed by atoms with Crippen molar-refractivity contribution in [2.45, 2.75) is 38.1 Å². The molecule has 0 aliphatic carbocycles. The number of aromatic amines is 1. The number of H-pyrrole nitrogens is 1. The van der Waals surface area contributed by atoms with E-state index >= 15 is 0 Å². The van der Waals surface area contributed by atoms with Crippen LogP contribution in [0, 0.1) is 0 Å². The summed E-state index contributed by atoms with van der Waals surface area (Å²) in [6, 6.07) is 29.8. The lowest BCUT2D eigenvalue weighted by Crippen LogP contribution is -2.40. The van der Waals surface area contributed by atoms with Crippen LogP contribution in [0.15, 0.2) is 104 Å². The molecule has 6 nitrogen and oxygen atoms in total. The van der Waals surface area contributed by atoms with Crippen LogP contribution in [-0.2, 0) is 34.0 Å². The summed E-state index contributed by atoms with van der Waals surface area (Å²) in [5.74, 6) is 0. The molecule has 0 fully saturated rings. The van der Waals surface area contributed by atoms with Crippen molar-refractivity contribution in [1.82, 2.24) is 9.97 Å². The van der Waals surface area contributed by atoms with E-state index in [0.717, 1.165) is 22.4 Å². The van der Waals surface area contributed by atoms with E-state index in [1.54, 1.807) is 12.5 Å². The maximum Gasteiger partial charge on any atom is 0.128 e. The molecule has 6 heteroatoms. The van der Waals surface area contributed by atoms with Crippen molar-refractivity contribution in [1.29, 1.82) is 0 Å². The van der Waals surface area contributed by atoms with Gasteiger partial charge in [-0.25, -0.2) is 4.98 Å². The predicted octanol–water partition coefficient (Wildman–Crippen LogP) is 4.83. The number of aliphatic hydroxyl groups excluding tert-OH is 1. The molecule has 1 heterocycles. The Hall–Kier alpha value is -3.29. The van der Waals surface area contributed by atoms with Gasteiger partial charge < -0.3 is 24.3 Å². The molecule has 0 radical (unpaired) electrons. The maximum atomic E-state index is 10.3. The predicted molar refractivity (Wildman–Crippen MR) is 130 cm³/mol. The number of aliphatic hydroxyl groups is 1. The molecule has 4 aromatic rings. The molecule has 0 amide bonds. The van der Waals surface area contributed by atoms with Crippen LogP contribution in [0.5, 0.6) is 0 Å². The Kier molecular flexibility index (Phi) is 8.99. The second-order valence-corrected chi connectivity index (χ2v) is 8.00. The highest BCUT2D eigenvalue weighted by atomic mass is 16.6. The molecule has 176 valence electrons. The minimum absolute atomic E-state index is 0.217. The number of benzene rings is 3. The molecule has 34 heavy (non-hydrogen) atoms. The van der Waals surface area contributed by atoms with Crippen molar-refractivity contribution in [3.63, 3.8) is 0 Å². The van der Waals surface area contributed by atoms with Crippen LogP contribution >= 0.6 is 0 Å². The summed E-state index contributed by atoms with van der Waals surface area (Å²) in [5.41, 5.74) is 3.85. The first-order valence-corrected chi connectivity index (χ1v) is 11.4. The summed E-state index contributed by atoms with van der Waals surface area (Å²) in [6.45, 7) is 0.875. The first-order chi connectivity index (χ1) is 16.8. The van der Waals surface area contributed by atoms with Gasteiger partial charge in [0.25, 0.3) is 0 Å². The Morgan fingerprint density at radius 2 is 1.18 bits per heavy atom. The van der Waals surface area contributed by atoms with Crippen molar-refractivity contribution in [2.24, 2.45) is 0 Å². The van der Waals surface area contributed by atoms with Gasteiger partial charge in [-0.2, -0.15) is 0 Å². The third-order valence-corrected chi connectivity index (χ3v) is 5.54. The highest BCUT2D eigenvalue weighted by molar-refractivity contribution is 5.16. The third-order valence-electron chi connectivity index (χ3n) is 5.54. The van der Waals surface area contributed by atoms with E-state index in [2.05, 4.69) is 9.97 Å². The Bertz CT molecular complexity index is 1060. The molecule has 3 aromatic carbocycles. The second-order valence-electron chi connectivity index (χ2n) is 8.00. The van der Waals surface area contributed by atoms with Crippen molar-refractivity contribution < 1.29 is 19.3 Å². The third kappa shape index (κ3) is 6.85. The molecule has 0 aliphatic rings. The van der Waals surface area contributed by atoms with Gasteiger partial charge in [-0.3, -0.25) is 0 Å². The molecule has 0 saturated carbocycles. The average Bonchev–Trinajstić information content (AvgIpc) is 3.44. The second kappa shape index (κ2) is 12.8. The average molecular weight is 459 g/mol. The number of hydrogen-bond donors (Lipinski definition) is 2. The van der Waals surface area contributed by atoms with Crippen LogP contribution in [0.1, 0.15) is 28.5 Å². The Morgan fingerprint density at radius 1 is 0.676 bits per heavy atom. The van der Waals surface area contributed by atoms with Crippen molar-refractivity contribution in [3.05, 3.63) is 126 Å². The zero-order valence-corrected chi connectivity index (χ0v) is 19.0. The zero-order valence-electron chi connectivity index (χ0n) is 19.0. The highest BCUT2D eigenvalue weighted by Gasteiger charge is 2.34. The van der Waals surface area contributed by atoms with Crippen LogP contribution in [0.2, 0.25) is 0 Å². The first-order valence-electron chi connectivity index (χ1n) is 11.4. The highest BCUT2D eigenvalue weighted by Crippen LogP contribution is 2.28. The quantitative estimate of drug-likeness (QED) is 0.300. The molecular weight excluding hydrogens is 428 g/mol. The molecular formula is C28H30N2O4. The van der Waals surface area contributed by atoms with E-state index in [9.17, 15) is 5.11 Å². The molecule has 4 rings (SSSR count). The summed E-state index contributed by atoms with van der Waals surface area (Å²) in [6.07, 6.45) is 1.60. The lowest BCUT2D eigenvalue weighted by Gasteiger charge is -2.32. The zero-order chi connectivity index (χ0) is 23.4. The lowest BCUT2D eigenvalue weighted by atomic mass is 10.0. The number of nitrogens with one attached hydrogen (secondary N) is 1. The van der Waals surface area contributed by atoms with E-state index in [1.165, 1.54) is 0 Å². The Balaban J connectivity index is 1.56. The summed E-state index contributed by atoms with van der Waals surface area (Å²) < 4.78 is 18.9. The van der Waals surface area contributed by atoms with E-state index in [-0.39, 0.29) is 6.61 Å². The molecule has 1 aromatic heterocycles. The normalized spacial score (nSPS) is 13.9. The van der Waals surface area contributed by atoms with Crippen LogP contribution < -0.4 is 0 Å². The minimum Gasteiger partial charge on any atom is -0.394 e. The van der Waals surface area contributed by atoms with Gasteiger partial charge in [0.1, 0.15) is 18.3 Å². The van der Waals surface area contributed by atoms with Crippen molar-refractivity contribution in [3.8, 4) is 0 Å². The van der Waals surface area contributed by atoms with Crippen molar-refractivity contribution >= 4 is 0 Å². The number of rotatable bonds is 13. The van der Waals surface area contributed by atoms with Crippen molar-refractivity contribution in [2.75, 3.05) is 6.61 Å². The molecule has 3 atom stereocenters. The fourth-order valence-electron chi connectivity index (χ4n) is 3.73. The summed E-state index contributed by atoms with van der Waals surface area (Å²) in [7, 11) is 0. The van der Waals surface area contributed by atoms with Crippen LogP contribution in [-0.4, -0.2) is 33.9 Å². The summed E-state index contributed by atoms with van der Waals surface area (Å²) >= 11 is 0. The molecule has 0 unspecified atom stereocenters. The van der Waals surface area contributed by atoms with Gasteiger partial charge in [0.05, 0.1) is 44.6 Å². The monoisotopic (exact) mass is 458 g/mol. The molecule has 2 N–H and O–H groups in total. The van der Waals surface area contributed by atoms with Gasteiger partial charge in [0.15, 0.2) is 0 Å². The topological polar surface area (TPSA) is 76.6 Å². The minimum atomic E-state index is -0.618. The van der Waals surface area contributed by atoms with Crippen LogP contribution in [0.4, 0.5) is 0 Å². The van der Waals surface area contributed by atoms with Crippen LogP contribution in [0.25, 0.3) is 0 Å². The number of hydrogen-bond acceptors (Lipinski definition) is 5. The molecule has 0 bridgehead atoms. The van der Waals surface area contributed by atoms with E-state index < -0.39 is 18.3 Å². The van der Waals surface area contributed by atoms with Gasteiger partial charge >= 0.3 is 0 Å². The van der Waals surface area contributed by atoms with Gasteiger partial charge in [-0.1, -0.05) is 91.0 Å². The number of aromatic nitrogens is 2. The molecule has 0 aliphatic heterocycles. The standard InChI is InChI=1S/C28H30N2O4/c31-17-26(32-18-22-10-4-1-5-11-22)28(34-20-24-14-8-3-9-15-24)27(25-16-29-21-30-25)33-19-23-12-6-2-7-13-23/h1-16,21,26-28,31H,17-20H2,(H,29,30)/t26-,27-,28+/m1/s1. The number of ether oxygens (including phenoxy) is 3. The van der Waals surface area contributed by atoms with Gasteiger partial charge in [0, 0.05) is 0 Å². The SMILES string of the molecule is OC[C@@H](OCc1ccccc1)[C@H](OCc1ccccc1)[C@H](OCc1ccccc1)c1cnc[nH]1. The van der Waals surface area contributed by atoms with Gasteiger partial charge in [-0.05, 0) is 16.7 Å². The van der Waals surface area contributed by atoms with Gasteiger partial charge in [-0.15, -0.1) is 0 Å². The molecule has 0 spiro atoms. The van der Waals surface area contributed by atoms with E-state index in [4.69, 9.17) is 14.2 Å². The fourth-order valence-corrected chi connectivity index (χ4v) is 3.73. The lowest BCUT2D eigenvalue weighted by molar-refractivity contribution is -0.164. The first kappa shape index (κ1) is 23.9. The Labute approximate surface area is 200 Å². The summed E-state index contributed by atoms with van der Waals surface area (Å²) in [5, 5.41) is 10.3. The smallest absolute Gasteiger partial charge is 0.128 e. The Morgan fingerprint density at radius 3 is 1.65 bits per heavy atom. The fraction of sp³-hybridized carbons (Fsp3) is 0.250. The van der Waals surface area contributed by atoms with E-state index in [1.807, 2.05) is 91.0 Å². The van der Waals surface area contributed by atoms with E-state index in [0.29, 0.717) is 19.8 Å². The maximum absolute atomic E-state index is 10.3.